The van der Waals surface area contributed by atoms with Gasteiger partial charge in [0.25, 0.3) is 5.91 Å². The molecule has 184 valence electrons. The maximum Gasteiger partial charge on any atom is 0.416 e. The summed E-state index contributed by atoms with van der Waals surface area (Å²) in [5.74, 6) is -1.53. The first-order chi connectivity index (χ1) is 15.7. The molecule has 2 amide bonds. The molecule has 1 aliphatic heterocycles. The summed E-state index contributed by atoms with van der Waals surface area (Å²) in [6.45, 7) is 1.95. The number of benzene rings is 2. The predicted octanol–water partition coefficient (Wildman–Crippen LogP) is 5.64. The van der Waals surface area contributed by atoms with Crippen molar-refractivity contribution in [2.45, 2.75) is 37.7 Å². The highest BCUT2D eigenvalue weighted by Crippen LogP contribution is 2.37. The fourth-order valence-corrected chi connectivity index (χ4v) is 4.15. The Morgan fingerprint density at radius 2 is 1.50 bits per heavy atom. The van der Waals surface area contributed by atoms with E-state index in [2.05, 4.69) is 0 Å². The number of likely N-dealkylation sites (tertiary alicyclic amines) is 1. The molecule has 0 bridgehead atoms. The summed E-state index contributed by atoms with van der Waals surface area (Å²) < 4.78 is 79.4. The standard InChI is InChI=1S/C23H22F6N2O3/c1-13-3-5-14(6-4-13)18-12-31(21(33)34)8-7-19(18)30(2)20(32)15-9-16(22(24,25)26)11-17(10-15)23(27,28)29/h3-6,9-11,18-19H,7-8,12H2,1-2H3,(H,33,34). The number of carbonyl (C=O) groups excluding carboxylic acids is 1. The zero-order valence-electron chi connectivity index (χ0n) is 18.2. The first kappa shape index (κ1) is 25.4. The number of amides is 2. The average Bonchev–Trinajstić information content (AvgIpc) is 2.76. The molecule has 1 saturated heterocycles. The van der Waals surface area contributed by atoms with Crippen LogP contribution in [0.15, 0.2) is 42.5 Å². The van der Waals surface area contributed by atoms with Gasteiger partial charge in [-0.3, -0.25) is 4.79 Å². The second-order valence-corrected chi connectivity index (χ2v) is 8.31. The van der Waals surface area contributed by atoms with E-state index >= 15 is 0 Å². The third-order valence-corrected chi connectivity index (χ3v) is 6.00. The minimum atomic E-state index is -5.08. The van der Waals surface area contributed by atoms with Crippen LogP contribution in [-0.2, 0) is 12.4 Å². The molecule has 5 nitrogen and oxygen atoms in total. The lowest BCUT2D eigenvalue weighted by Gasteiger charge is -2.42. The van der Waals surface area contributed by atoms with Gasteiger partial charge in [0.1, 0.15) is 0 Å². The summed E-state index contributed by atoms with van der Waals surface area (Å²) >= 11 is 0. The molecule has 1 heterocycles. The van der Waals surface area contributed by atoms with E-state index in [4.69, 9.17) is 0 Å². The largest absolute Gasteiger partial charge is 0.465 e. The van der Waals surface area contributed by atoms with Gasteiger partial charge in [-0.2, -0.15) is 26.3 Å². The number of hydrogen-bond acceptors (Lipinski definition) is 2. The van der Waals surface area contributed by atoms with Crippen molar-refractivity contribution in [3.63, 3.8) is 0 Å². The minimum absolute atomic E-state index is 0.0249. The van der Waals surface area contributed by atoms with Gasteiger partial charge in [-0.05, 0) is 37.1 Å². The normalized spacial score (nSPS) is 19.1. The van der Waals surface area contributed by atoms with Gasteiger partial charge >= 0.3 is 18.4 Å². The second kappa shape index (κ2) is 9.19. The number of carbonyl (C=O) groups is 2. The third kappa shape index (κ3) is 5.45. The second-order valence-electron chi connectivity index (χ2n) is 8.31. The number of alkyl halides is 6. The zero-order chi connectivity index (χ0) is 25.4. The fraction of sp³-hybridized carbons (Fsp3) is 0.391. The predicted molar refractivity (Wildman–Crippen MR) is 110 cm³/mol. The molecule has 0 aromatic heterocycles. The Labute approximate surface area is 191 Å². The van der Waals surface area contributed by atoms with Crippen molar-refractivity contribution in [3.05, 3.63) is 70.3 Å². The van der Waals surface area contributed by atoms with E-state index in [0.717, 1.165) is 10.5 Å². The van der Waals surface area contributed by atoms with E-state index in [-0.39, 0.29) is 25.6 Å². The van der Waals surface area contributed by atoms with Gasteiger partial charge < -0.3 is 14.9 Å². The lowest BCUT2D eigenvalue weighted by molar-refractivity contribution is -0.143. The van der Waals surface area contributed by atoms with Gasteiger partial charge in [-0.15, -0.1) is 0 Å². The van der Waals surface area contributed by atoms with Crippen molar-refractivity contribution >= 4 is 12.0 Å². The average molecular weight is 488 g/mol. The fourth-order valence-electron chi connectivity index (χ4n) is 4.15. The number of rotatable bonds is 3. The van der Waals surface area contributed by atoms with Crippen molar-refractivity contribution in [3.8, 4) is 0 Å². The summed E-state index contributed by atoms with van der Waals surface area (Å²) in [5.41, 5.74) is -2.24. The topological polar surface area (TPSA) is 60.9 Å². The monoisotopic (exact) mass is 488 g/mol. The molecule has 2 aromatic carbocycles. The van der Waals surface area contributed by atoms with Crippen LogP contribution in [0.2, 0.25) is 0 Å². The Balaban J connectivity index is 1.99. The van der Waals surface area contributed by atoms with Crippen LogP contribution in [0, 0.1) is 6.92 Å². The molecule has 1 fully saturated rings. The van der Waals surface area contributed by atoms with Crippen LogP contribution in [0.1, 0.15) is 45.0 Å². The Morgan fingerprint density at radius 1 is 0.971 bits per heavy atom. The molecule has 0 aliphatic carbocycles. The number of likely N-dealkylation sites (N-methyl/N-ethyl adjacent to an activating group) is 1. The Hall–Kier alpha value is -3.24. The number of nitrogens with zero attached hydrogens (tertiary/aromatic N) is 2. The number of piperidine rings is 1. The molecule has 1 aliphatic rings. The van der Waals surface area contributed by atoms with Crippen LogP contribution >= 0.6 is 0 Å². The Bertz CT molecular complexity index is 1030. The summed E-state index contributed by atoms with van der Waals surface area (Å²) in [5, 5.41) is 9.40. The minimum Gasteiger partial charge on any atom is -0.465 e. The molecule has 0 spiro atoms. The molecule has 34 heavy (non-hydrogen) atoms. The molecular formula is C23H22F6N2O3. The smallest absolute Gasteiger partial charge is 0.416 e. The summed E-state index contributed by atoms with van der Waals surface area (Å²) in [6.07, 6.45) is -11.1. The molecule has 1 N–H and O–H groups in total. The first-order valence-electron chi connectivity index (χ1n) is 10.3. The van der Waals surface area contributed by atoms with E-state index in [0.29, 0.717) is 17.7 Å². The van der Waals surface area contributed by atoms with Gasteiger partial charge in [-0.25, -0.2) is 4.79 Å². The molecular weight excluding hydrogens is 466 g/mol. The maximum absolute atomic E-state index is 13.2. The summed E-state index contributed by atoms with van der Waals surface area (Å²) in [7, 11) is 1.30. The Morgan fingerprint density at radius 3 is 1.97 bits per heavy atom. The van der Waals surface area contributed by atoms with Gasteiger partial charge in [0.15, 0.2) is 0 Å². The highest BCUT2D eigenvalue weighted by Gasteiger charge is 2.40. The van der Waals surface area contributed by atoms with Crippen LogP contribution in [0.25, 0.3) is 0 Å². The van der Waals surface area contributed by atoms with Crippen LogP contribution in [0.5, 0.6) is 0 Å². The van der Waals surface area contributed by atoms with E-state index in [1.165, 1.54) is 11.9 Å². The van der Waals surface area contributed by atoms with E-state index in [1.807, 2.05) is 6.92 Å². The van der Waals surface area contributed by atoms with Crippen molar-refractivity contribution in [2.24, 2.45) is 0 Å². The van der Waals surface area contributed by atoms with Gasteiger partial charge in [0.05, 0.1) is 11.1 Å². The molecule has 2 aromatic rings. The van der Waals surface area contributed by atoms with E-state index < -0.39 is 53.0 Å². The highest BCUT2D eigenvalue weighted by molar-refractivity contribution is 5.95. The van der Waals surface area contributed by atoms with Crippen LogP contribution in [0.3, 0.4) is 0 Å². The molecule has 0 radical (unpaired) electrons. The van der Waals surface area contributed by atoms with Crippen molar-refractivity contribution in [1.82, 2.24) is 9.80 Å². The third-order valence-electron chi connectivity index (χ3n) is 6.00. The number of carboxylic acid groups (broad SMARTS) is 1. The SMILES string of the molecule is Cc1ccc(C2CN(C(=O)O)CCC2N(C)C(=O)c2cc(C(F)(F)F)cc(C(F)(F)F)c2)cc1. The van der Waals surface area contributed by atoms with Gasteiger partial charge in [0.2, 0.25) is 0 Å². The van der Waals surface area contributed by atoms with E-state index in [1.54, 1.807) is 24.3 Å². The Kier molecular flexibility index (Phi) is 6.86. The number of halogens is 6. The highest BCUT2D eigenvalue weighted by atomic mass is 19.4. The van der Waals surface area contributed by atoms with Crippen LogP contribution in [-0.4, -0.2) is 53.1 Å². The zero-order valence-corrected chi connectivity index (χ0v) is 18.2. The molecule has 2 atom stereocenters. The number of hydrogen-bond donors (Lipinski definition) is 1. The van der Waals surface area contributed by atoms with Crippen LogP contribution in [0.4, 0.5) is 31.1 Å². The molecule has 2 unspecified atom stereocenters. The maximum atomic E-state index is 13.2. The quantitative estimate of drug-likeness (QED) is 0.569. The van der Waals surface area contributed by atoms with E-state index in [9.17, 15) is 41.0 Å². The van der Waals surface area contributed by atoms with Crippen molar-refractivity contribution < 1.29 is 41.0 Å². The summed E-state index contributed by atoms with van der Waals surface area (Å²) in [6, 6.07) is 7.27. The van der Waals surface area contributed by atoms with Crippen molar-refractivity contribution in [1.29, 1.82) is 0 Å². The lowest BCUT2D eigenvalue weighted by atomic mass is 9.84. The first-order valence-corrected chi connectivity index (χ1v) is 10.3. The van der Waals surface area contributed by atoms with Crippen LogP contribution < -0.4 is 0 Å². The van der Waals surface area contributed by atoms with Gasteiger partial charge in [-0.1, -0.05) is 29.8 Å². The lowest BCUT2D eigenvalue weighted by Crippen LogP contribution is -2.51. The number of aryl methyl sites for hydroxylation is 1. The molecule has 11 heteroatoms. The molecule has 0 saturated carbocycles. The molecule has 3 rings (SSSR count). The van der Waals surface area contributed by atoms with Gasteiger partial charge in [0, 0.05) is 37.7 Å². The van der Waals surface area contributed by atoms with Crippen molar-refractivity contribution in [2.75, 3.05) is 20.1 Å². The summed E-state index contributed by atoms with van der Waals surface area (Å²) in [4.78, 5) is 26.9.